The van der Waals surface area contributed by atoms with E-state index in [4.69, 9.17) is 28.9 Å². The lowest BCUT2D eigenvalue weighted by Crippen LogP contribution is -1.96. The number of hydrogen-bond donors (Lipinski definition) is 1. The van der Waals surface area contributed by atoms with Gasteiger partial charge in [-0.2, -0.15) is 0 Å². The quantitative estimate of drug-likeness (QED) is 0.558. The number of nitro groups is 1. The SMILES string of the molecule is Nc1nc(-c2ccc(Cl)cc2Cl)c2cc([N+](=O)[O-])sc2n1. The molecule has 0 fully saturated rings. The average molecular weight is 341 g/mol. The van der Waals surface area contributed by atoms with Crippen molar-refractivity contribution in [2.24, 2.45) is 0 Å². The summed E-state index contributed by atoms with van der Waals surface area (Å²) in [7, 11) is 0. The lowest BCUT2D eigenvalue weighted by Gasteiger charge is -2.06. The number of nitrogens with two attached hydrogens (primary N) is 1. The molecule has 0 aliphatic carbocycles. The predicted molar refractivity (Wildman–Crippen MR) is 83.9 cm³/mol. The second-order valence-electron chi connectivity index (χ2n) is 4.12. The van der Waals surface area contributed by atoms with Gasteiger partial charge in [0.1, 0.15) is 4.83 Å². The second-order valence-corrected chi connectivity index (χ2v) is 5.97. The molecule has 0 saturated heterocycles. The highest BCUT2D eigenvalue weighted by Crippen LogP contribution is 2.38. The highest BCUT2D eigenvalue weighted by atomic mass is 35.5. The Hall–Kier alpha value is -1.96. The van der Waals surface area contributed by atoms with Crippen LogP contribution in [0.2, 0.25) is 10.0 Å². The van der Waals surface area contributed by atoms with E-state index in [-0.39, 0.29) is 10.9 Å². The predicted octanol–water partition coefficient (Wildman–Crippen LogP) is 4.16. The van der Waals surface area contributed by atoms with Crippen LogP contribution in [0.1, 0.15) is 0 Å². The van der Waals surface area contributed by atoms with E-state index in [9.17, 15) is 10.1 Å². The standard InChI is InChI=1S/C12H6Cl2N4O2S/c13-5-1-2-6(8(14)3-5)10-7-4-9(18(19)20)21-11(7)17-12(15)16-10/h1-4H,(H2,15,16,17). The fourth-order valence-corrected chi connectivity index (χ4v) is 3.25. The van der Waals surface area contributed by atoms with Gasteiger partial charge in [-0.3, -0.25) is 10.1 Å². The molecular weight excluding hydrogens is 335 g/mol. The molecule has 2 aromatic heterocycles. The number of fused-ring (bicyclic) bond motifs is 1. The number of nitrogens with zero attached hydrogens (tertiary/aromatic N) is 3. The molecular formula is C12H6Cl2N4O2S. The van der Waals surface area contributed by atoms with Gasteiger partial charge < -0.3 is 5.73 Å². The zero-order valence-electron chi connectivity index (χ0n) is 10.2. The fourth-order valence-electron chi connectivity index (χ4n) is 1.90. The summed E-state index contributed by atoms with van der Waals surface area (Å²) in [5, 5.41) is 12.3. The molecule has 6 nitrogen and oxygen atoms in total. The van der Waals surface area contributed by atoms with E-state index in [2.05, 4.69) is 9.97 Å². The number of halogens is 2. The number of aromatic nitrogens is 2. The summed E-state index contributed by atoms with van der Waals surface area (Å²) in [4.78, 5) is 19.1. The normalized spacial score (nSPS) is 11.0. The van der Waals surface area contributed by atoms with Crippen LogP contribution in [-0.4, -0.2) is 14.9 Å². The molecule has 9 heteroatoms. The highest BCUT2D eigenvalue weighted by molar-refractivity contribution is 7.21. The molecule has 0 aliphatic rings. The molecule has 3 aromatic rings. The molecule has 0 unspecified atom stereocenters. The fraction of sp³-hybridized carbons (Fsp3) is 0. The number of anilines is 1. The zero-order chi connectivity index (χ0) is 15.1. The maximum Gasteiger partial charge on any atom is 0.326 e. The van der Waals surface area contributed by atoms with Crippen molar-refractivity contribution < 1.29 is 4.92 Å². The van der Waals surface area contributed by atoms with Gasteiger partial charge in [0.2, 0.25) is 5.95 Å². The van der Waals surface area contributed by atoms with Crippen molar-refractivity contribution in [3.8, 4) is 11.3 Å². The van der Waals surface area contributed by atoms with E-state index in [1.165, 1.54) is 6.07 Å². The first-order valence-corrected chi connectivity index (χ1v) is 7.20. The summed E-state index contributed by atoms with van der Waals surface area (Å²) in [6.45, 7) is 0. The molecule has 0 saturated carbocycles. The lowest BCUT2D eigenvalue weighted by molar-refractivity contribution is -0.380. The summed E-state index contributed by atoms with van der Waals surface area (Å²) < 4.78 is 0. The van der Waals surface area contributed by atoms with Crippen molar-refractivity contribution in [1.82, 2.24) is 9.97 Å². The molecule has 1 aromatic carbocycles. The van der Waals surface area contributed by atoms with Crippen LogP contribution in [0.25, 0.3) is 21.5 Å². The topological polar surface area (TPSA) is 94.9 Å². The molecule has 2 N–H and O–H groups in total. The van der Waals surface area contributed by atoms with Gasteiger partial charge >= 0.3 is 5.00 Å². The lowest BCUT2D eigenvalue weighted by atomic mass is 10.1. The first-order chi connectivity index (χ1) is 9.95. The van der Waals surface area contributed by atoms with E-state index in [1.54, 1.807) is 18.2 Å². The Labute approximate surface area is 132 Å². The van der Waals surface area contributed by atoms with E-state index >= 15 is 0 Å². The Kier molecular flexibility index (Phi) is 3.40. The molecule has 0 amide bonds. The highest BCUT2D eigenvalue weighted by Gasteiger charge is 2.19. The molecule has 0 aliphatic heterocycles. The first-order valence-electron chi connectivity index (χ1n) is 5.62. The maximum absolute atomic E-state index is 10.9. The third-order valence-corrected chi connectivity index (χ3v) is 4.29. The number of benzene rings is 1. The third kappa shape index (κ3) is 2.51. The summed E-state index contributed by atoms with van der Waals surface area (Å²) in [6.07, 6.45) is 0. The molecule has 0 atom stereocenters. The largest absolute Gasteiger partial charge is 0.368 e. The van der Waals surface area contributed by atoms with Crippen LogP contribution < -0.4 is 5.73 Å². The summed E-state index contributed by atoms with van der Waals surface area (Å²) in [5.74, 6) is 0.0280. The molecule has 106 valence electrons. The third-order valence-electron chi connectivity index (χ3n) is 2.76. The molecule has 0 bridgehead atoms. The van der Waals surface area contributed by atoms with Gasteiger partial charge in [0.15, 0.2) is 0 Å². The Bertz CT molecular complexity index is 881. The van der Waals surface area contributed by atoms with Gasteiger partial charge in [0.25, 0.3) is 0 Å². The van der Waals surface area contributed by atoms with Crippen LogP contribution in [0.4, 0.5) is 10.9 Å². The Morgan fingerprint density at radius 3 is 2.67 bits per heavy atom. The molecule has 21 heavy (non-hydrogen) atoms. The summed E-state index contributed by atoms with van der Waals surface area (Å²) in [6, 6.07) is 6.34. The van der Waals surface area contributed by atoms with Crippen LogP contribution in [0, 0.1) is 10.1 Å². The molecule has 0 radical (unpaired) electrons. The van der Waals surface area contributed by atoms with Crippen molar-refractivity contribution >= 4 is 55.7 Å². The van der Waals surface area contributed by atoms with Crippen molar-refractivity contribution in [3.05, 3.63) is 44.4 Å². The summed E-state index contributed by atoms with van der Waals surface area (Å²) in [5.41, 5.74) is 6.71. The molecule has 3 rings (SSSR count). The van der Waals surface area contributed by atoms with Crippen molar-refractivity contribution in [2.75, 3.05) is 5.73 Å². The Balaban J connectivity index is 2.33. The minimum atomic E-state index is -0.476. The van der Waals surface area contributed by atoms with E-state index in [0.29, 0.717) is 31.5 Å². The summed E-state index contributed by atoms with van der Waals surface area (Å²) >= 11 is 13.0. The smallest absolute Gasteiger partial charge is 0.326 e. The zero-order valence-corrected chi connectivity index (χ0v) is 12.5. The van der Waals surface area contributed by atoms with E-state index in [1.807, 2.05) is 0 Å². The maximum atomic E-state index is 10.9. The second kappa shape index (κ2) is 5.10. The average Bonchev–Trinajstić information content (AvgIpc) is 2.82. The van der Waals surface area contributed by atoms with Crippen molar-refractivity contribution in [3.63, 3.8) is 0 Å². The van der Waals surface area contributed by atoms with Gasteiger partial charge in [0, 0.05) is 22.0 Å². The van der Waals surface area contributed by atoms with Gasteiger partial charge in [0.05, 0.1) is 15.6 Å². The van der Waals surface area contributed by atoms with Crippen LogP contribution in [0.15, 0.2) is 24.3 Å². The minimum absolute atomic E-state index is 0.0280. The number of thiophene rings is 1. The number of hydrogen-bond acceptors (Lipinski definition) is 6. The van der Waals surface area contributed by atoms with Crippen molar-refractivity contribution in [1.29, 1.82) is 0 Å². The van der Waals surface area contributed by atoms with Crippen LogP contribution >= 0.6 is 34.5 Å². The van der Waals surface area contributed by atoms with Crippen LogP contribution in [0.5, 0.6) is 0 Å². The van der Waals surface area contributed by atoms with E-state index < -0.39 is 4.92 Å². The van der Waals surface area contributed by atoms with Gasteiger partial charge in [-0.25, -0.2) is 9.97 Å². The number of rotatable bonds is 2. The molecule has 0 spiro atoms. The number of nitrogen functional groups attached to an aromatic ring is 1. The van der Waals surface area contributed by atoms with Gasteiger partial charge in [-0.15, -0.1) is 0 Å². The Morgan fingerprint density at radius 1 is 1.24 bits per heavy atom. The molecule has 2 heterocycles. The first kappa shape index (κ1) is 14.0. The van der Waals surface area contributed by atoms with Gasteiger partial charge in [-0.05, 0) is 29.5 Å². The van der Waals surface area contributed by atoms with E-state index in [0.717, 1.165) is 11.3 Å². The van der Waals surface area contributed by atoms with Crippen molar-refractivity contribution in [2.45, 2.75) is 0 Å². The Morgan fingerprint density at radius 2 is 2.00 bits per heavy atom. The monoisotopic (exact) mass is 340 g/mol. The van der Waals surface area contributed by atoms with Crippen LogP contribution in [-0.2, 0) is 0 Å². The van der Waals surface area contributed by atoms with Crippen LogP contribution in [0.3, 0.4) is 0 Å². The van der Waals surface area contributed by atoms with Gasteiger partial charge in [-0.1, -0.05) is 23.2 Å². The minimum Gasteiger partial charge on any atom is -0.368 e.